The van der Waals surface area contributed by atoms with Crippen molar-refractivity contribution in [1.29, 1.82) is 0 Å². The Morgan fingerprint density at radius 3 is 2.35 bits per heavy atom. The number of benzene rings is 1. The fourth-order valence-electron chi connectivity index (χ4n) is 2.95. The number of piperidine rings is 1. The van der Waals surface area contributed by atoms with Crippen molar-refractivity contribution in [2.24, 2.45) is 0 Å². The molecule has 3 atom stereocenters. The molecule has 3 unspecified atom stereocenters. The first-order valence-corrected chi connectivity index (χ1v) is 8.43. The Morgan fingerprint density at radius 2 is 1.80 bits per heavy atom. The molecule has 0 N–H and O–H groups in total. The molecule has 4 heteroatoms. The van der Waals surface area contributed by atoms with Crippen LogP contribution in [0.4, 0.5) is 0 Å². The van der Waals surface area contributed by atoms with Gasteiger partial charge in [-0.2, -0.15) is 0 Å². The maximum absolute atomic E-state index is 12.3. The molecule has 3 rings (SSSR count). The molecule has 1 aliphatic heterocycles. The summed E-state index contributed by atoms with van der Waals surface area (Å²) in [4.78, 5) is 0. The van der Waals surface area contributed by atoms with Crippen LogP contribution in [0.5, 0.6) is 0 Å². The minimum atomic E-state index is -0.864. The van der Waals surface area contributed by atoms with E-state index >= 15 is 0 Å². The van der Waals surface area contributed by atoms with Crippen LogP contribution in [-0.4, -0.2) is 31.4 Å². The van der Waals surface area contributed by atoms with Gasteiger partial charge in [-0.25, -0.2) is 8.51 Å². The summed E-state index contributed by atoms with van der Waals surface area (Å²) in [6.07, 6.45) is 2.39. The van der Waals surface area contributed by atoms with E-state index in [1.807, 2.05) is 39.0 Å². The van der Waals surface area contributed by atoms with E-state index in [2.05, 4.69) is 16.4 Å². The lowest BCUT2D eigenvalue weighted by Gasteiger charge is -2.22. The molecule has 1 aliphatic carbocycles. The molecule has 0 aromatic heterocycles. The lowest BCUT2D eigenvalue weighted by molar-refractivity contribution is 0.0360. The fourth-order valence-corrected chi connectivity index (χ4v) is 4.48. The van der Waals surface area contributed by atoms with Crippen LogP contribution < -0.4 is 0 Å². The van der Waals surface area contributed by atoms with Gasteiger partial charge in [-0.05, 0) is 39.2 Å². The number of hydrogen-bond acceptors (Lipinski definition) is 2. The maximum atomic E-state index is 12.3. The van der Waals surface area contributed by atoms with Crippen LogP contribution in [0.3, 0.4) is 0 Å². The van der Waals surface area contributed by atoms with Crippen molar-refractivity contribution in [1.82, 2.24) is 4.31 Å². The summed E-state index contributed by atoms with van der Waals surface area (Å²) in [6, 6.07) is 11.3. The third-order valence-electron chi connectivity index (χ3n) is 4.06. The van der Waals surface area contributed by atoms with E-state index in [1.165, 1.54) is 5.56 Å². The van der Waals surface area contributed by atoms with Gasteiger partial charge in [0.1, 0.15) is 11.0 Å². The molecule has 0 amide bonds. The quantitative estimate of drug-likeness (QED) is 0.799. The van der Waals surface area contributed by atoms with Gasteiger partial charge in [-0.1, -0.05) is 30.3 Å². The highest BCUT2D eigenvalue weighted by Crippen LogP contribution is 2.46. The number of fused-ring (bicyclic) bond motifs is 1. The molecular weight excluding hydrogens is 270 g/mol. The van der Waals surface area contributed by atoms with E-state index in [0.29, 0.717) is 24.8 Å². The molecule has 110 valence electrons. The number of nitrogens with zero attached hydrogens (tertiary/aromatic N) is 1. The van der Waals surface area contributed by atoms with E-state index in [-0.39, 0.29) is 4.75 Å². The molecule has 1 saturated carbocycles. The molecule has 2 aliphatic rings. The Labute approximate surface area is 123 Å². The molecule has 2 fully saturated rings. The number of hydrogen-bond donors (Lipinski definition) is 0. The first-order chi connectivity index (χ1) is 9.47. The lowest BCUT2D eigenvalue weighted by Crippen LogP contribution is -2.31. The van der Waals surface area contributed by atoms with Crippen LogP contribution in [-0.2, 0) is 22.3 Å². The topological polar surface area (TPSA) is 29.3 Å². The first kappa shape index (κ1) is 14.2. The molecule has 0 radical (unpaired) electrons. The Hall–Kier alpha value is -0.710. The summed E-state index contributed by atoms with van der Waals surface area (Å²) in [5.41, 5.74) is 1.23. The summed E-state index contributed by atoms with van der Waals surface area (Å²) in [5.74, 6) is 0. The molecule has 1 saturated heterocycles. The number of rotatable bonds is 4. The first-order valence-electron chi connectivity index (χ1n) is 7.32. The van der Waals surface area contributed by atoms with Gasteiger partial charge in [0, 0.05) is 12.1 Å². The van der Waals surface area contributed by atoms with Crippen LogP contribution in [0, 0.1) is 0 Å². The highest BCUT2D eigenvalue weighted by atomic mass is 32.2. The Balaban J connectivity index is 1.47. The highest BCUT2D eigenvalue weighted by molar-refractivity contribution is 7.84. The smallest absolute Gasteiger partial charge is 0.100 e. The summed E-state index contributed by atoms with van der Waals surface area (Å²) >= 11 is 0. The van der Waals surface area contributed by atoms with Gasteiger partial charge < -0.3 is 4.74 Å². The monoisotopic (exact) mass is 293 g/mol. The summed E-state index contributed by atoms with van der Waals surface area (Å²) in [7, 11) is -0.864. The Kier molecular flexibility index (Phi) is 3.73. The lowest BCUT2D eigenvalue weighted by atomic mass is 10.2. The van der Waals surface area contributed by atoms with Crippen molar-refractivity contribution >= 4 is 11.0 Å². The van der Waals surface area contributed by atoms with Crippen LogP contribution in [0.1, 0.15) is 39.2 Å². The van der Waals surface area contributed by atoms with E-state index in [9.17, 15) is 4.21 Å². The molecular formula is C16H23NO2S. The van der Waals surface area contributed by atoms with Crippen molar-refractivity contribution in [2.75, 3.05) is 0 Å². The van der Waals surface area contributed by atoms with Crippen molar-refractivity contribution in [3.63, 3.8) is 0 Å². The van der Waals surface area contributed by atoms with E-state index in [1.54, 1.807) is 0 Å². The SMILES string of the molecule is CC(C)(C)S(=O)N1C2CC(OCc3ccccc3)CC21. The van der Waals surface area contributed by atoms with E-state index < -0.39 is 11.0 Å². The van der Waals surface area contributed by atoms with Gasteiger partial charge in [0.2, 0.25) is 0 Å². The van der Waals surface area contributed by atoms with E-state index in [0.717, 1.165) is 12.8 Å². The molecule has 1 aromatic carbocycles. The fraction of sp³-hybridized carbons (Fsp3) is 0.625. The van der Waals surface area contributed by atoms with Crippen molar-refractivity contribution < 1.29 is 8.95 Å². The maximum Gasteiger partial charge on any atom is 0.100 e. The Bertz CT molecular complexity index is 485. The van der Waals surface area contributed by atoms with Crippen molar-refractivity contribution in [3.8, 4) is 0 Å². The molecule has 0 spiro atoms. The zero-order valence-electron chi connectivity index (χ0n) is 12.4. The van der Waals surface area contributed by atoms with Crippen LogP contribution in [0.2, 0.25) is 0 Å². The summed E-state index contributed by atoms with van der Waals surface area (Å²) in [5, 5.41) is 0. The minimum Gasteiger partial charge on any atom is -0.373 e. The van der Waals surface area contributed by atoms with Gasteiger partial charge in [-0.3, -0.25) is 0 Å². The second-order valence-electron chi connectivity index (χ2n) is 6.75. The second-order valence-corrected chi connectivity index (χ2v) is 8.89. The Morgan fingerprint density at radius 1 is 1.20 bits per heavy atom. The van der Waals surface area contributed by atoms with Gasteiger partial charge in [0.25, 0.3) is 0 Å². The van der Waals surface area contributed by atoms with Crippen LogP contribution in [0.15, 0.2) is 30.3 Å². The zero-order valence-corrected chi connectivity index (χ0v) is 13.2. The summed E-state index contributed by atoms with van der Waals surface area (Å²) < 4.78 is 20.3. The van der Waals surface area contributed by atoms with Crippen molar-refractivity contribution in [3.05, 3.63) is 35.9 Å². The van der Waals surface area contributed by atoms with Crippen LogP contribution >= 0.6 is 0 Å². The van der Waals surface area contributed by atoms with Gasteiger partial charge >= 0.3 is 0 Å². The predicted molar refractivity (Wildman–Crippen MR) is 81.6 cm³/mol. The van der Waals surface area contributed by atoms with Gasteiger partial charge in [0.15, 0.2) is 0 Å². The highest BCUT2D eigenvalue weighted by Gasteiger charge is 2.58. The third kappa shape index (κ3) is 2.83. The molecule has 1 heterocycles. The molecule has 3 nitrogen and oxygen atoms in total. The summed E-state index contributed by atoms with van der Waals surface area (Å²) in [6.45, 7) is 6.81. The van der Waals surface area contributed by atoms with Crippen molar-refractivity contribution in [2.45, 2.75) is 63.2 Å². The van der Waals surface area contributed by atoms with E-state index in [4.69, 9.17) is 4.74 Å². The average Bonchev–Trinajstić information content (AvgIpc) is 2.90. The largest absolute Gasteiger partial charge is 0.373 e. The normalized spacial score (nSPS) is 33.8. The standard InChI is InChI=1S/C16H23NO2S/c1-16(2,3)20(18)17-14-9-13(10-15(14)17)19-11-12-7-5-4-6-8-12/h4-8,13-15H,9-11H2,1-3H3. The number of ether oxygens (including phenoxy) is 1. The molecule has 1 aromatic rings. The predicted octanol–water partition coefficient (Wildman–Crippen LogP) is 2.88. The average molecular weight is 293 g/mol. The van der Waals surface area contributed by atoms with Crippen LogP contribution in [0.25, 0.3) is 0 Å². The molecule has 20 heavy (non-hydrogen) atoms. The van der Waals surface area contributed by atoms with Gasteiger partial charge in [0.05, 0.1) is 17.5 Å². The zero-order chi connectivity index (χ0) is 14.3. The second kappa shape index (κ2) is 5.24. The van der Waals surface area contributed by atoms with Gasteiger partial charge in [-0.15, -0.1) is 0 Å². The minimum absolute atomic E-state index is 0.148. The third-order valence-corrected chi connectivity index (χ3v) is 6.03. The molecule has 0 bridgehead atoms.